The van der Waals surface area contributed by atoms with Crippen LogP contribution in [0.25, 0.3) is 0 Å². The monoisotopic (exact) mass is 779 g/mol. The number of esters is 1. The van der Waals surface area contributed by atoms with Crippen LogP contribution in [-0.4, -0.2) is 61.4 Å². The molecule has 2 atom stereocenters. The molecule has 1 saturated carbocycles. The van der Waals surface area contributed by atoms with E-state index in [2.05, 4.69) is 9.88 Å². The number of amides is 1. The van der Waals surface area contributed by atoms with E-state index in [1.807, 2.05) is 12.1 Å². The van der Waals surface area contributed by atoms with Crippen LogP contribution in [-0.2, 0) is 22.4 Å². The molecule has 0 radical (unpaired) electrons. The van der Waals surface area contributed by atoms with Gasteiger partial charge in [0.2, 0.25) is 0 Å². The van der Waals surface area contributed by atoms with Crippen LogP contribution < -0.4 is 19.4 Å². The fourth-order valence-electron chi connectivity index (χ4n) is 7.54. The number of pyridine rings is 1. The molecule has 13 heteroatoms. The lowest BCUT2D eigenvalue weighted by molar-refractivity contribution is -0.377. The summed E-state index contributed by atoms with van der Waals surface area (Å²) in [4.78, 5) is 34.0. The summed E-state index contributed by atoms with van der Waals surface area (Å²) in [6.07, 6.45) is 8.02. The number of anilines is 1. The zero-order valence-electron chi connectivity index (χ0n) is 30.0. The van der Waals surface area contributed by atoms with Crippen molar-refractivity contribution >= 4 is 41.0 Å². The Kier molecular flexibility index (Phi) is 13.0. The van der Waals surface area contributed by atoms with E-state index in [1.165, 1.54) is 11.0 Å². The lowest BCUT2D eigenvalue weighted by Crippen LogP contribution is -2.53. The quantitative estimate of drug-likeness (QED) is 0.131. The van der Waals surface area contributed by atoms with E-state index in [-0.39, 0.29) is 36.3 Å². The van der Waals surface area contributed by atoms with Gasteiger partial charge in [0.1, 0.15) is 28.1 Å². The van der Waals surface area contributed by atoms with Crippen molar-refractivity contribution in [2.75, 3.05) is 31.6 Å². The molecule has 2 N–H and O–H groups in total. The van der Waals surface area contributed by atoms with E-state index < -0.39 is 24.0 Å². The molecular weight excluding hydrogens is 736 g/mol. The number of ether oxygens (including phenoxy) is 4. The number of hydrogen-bond acceptors (Lipinski definition) is 8. The van der Waals surface area contributed by atoms with Crippen molar-refractivity contribution in [3.05, 3.63) is 117 Å². The second-order valence-electron chi connectivity index (χ2n) is 14.0. The number of rotatable bonds is 12. The van der Waals surface area contributed by atoms with Gasteiger partial charge in [0.15, 0.2) is 23.9 Å². The highest BCUT2D eigenvalue weighted by atomic mass is 35.5. The Morgan fingerprint density at radius 1 is 0.944 bits per heavy atom. The molecule has 2 bridgehead atoms. The first kappa shape index (κ1) is 39.3. The molecule has 3 aliphatic heterocycles. The molecule has 8 rings (SSSR count). The molecule has 286 valence electrons. The minimum Gasteiger partial charge on any atom is -0.870 e. The summed E-state index contributed by atoms with van der Waals surface area (Å²) in [5, 5.41) is 0.815. The van der Waals surface area contributed by atoms with Crippen molar-refractivity contribution in [3.8, 4) is 11.5 Å². The maximum Gasteiger partial charge on any atom is 0.415 e. The predicted molar refractivity (Wildman–Crippen MR) is 201 cm³/mol. The summed E-state index contributed by atoms with van der Waals surface area (Å²) < 4.78 is 39.2. The number of nitrogens with one attached hydrogen (secondary N) is 1. The largest absolute Gasteiger partial charge is 0.870 e. The first-order valence-electron chi connectivity index (χ1n) is 18.2. The van der Waals surface area contributed by atoms with Crippen molar-refractivity contribution in [2.45, 2.75) is 69.8 Å². The minimum atomic E-state index is -0.783. The van der Waals surface area contributed by atoms with Crippen LogP contribution in [0.3, 0.4) is 0 Å². The van der Waals surface area contributed by atoms with Crippen LogP contribution in [0.5, 0.6) is 11.5 Å². The number of aromatic amines is 1. The standard InChI is InChI=1S/C41H42Cl2FN3O6.H2O/c1-50-36-15-14-29(20-38(36)51-30-6-2-3-7-30)37(21-31-32(42)22-45-23-33(31)43)52-40(48)28-12-10-26(11-13-28)24-47(35-9-5-4-8-34(35)44)41(49)53-39-25-46-18-16-27(39)17-19-46;/h4-5,8-15,20,22-23,27,30,37,39H,2-3,6-7,16-19,21,24-25H2,1H3;1H2/t37-,39-;/m0./s1. The van der Waals surface area contributed by atoms with E-state index in [9.17, 15) is 9.59 Å². The lowest BCUT2D eigenvalue weighted by Gasteiger charge is -2.44. The van der Waals surface area contributed by atoms with Gasteiger partial charge in [0, 0.05) is 18.5 Å². The van der Waals surface area contributed by atoms with Crippen molar-refractivity contribution < 1.29 is 43.4 Å². The molecule has 4 fully saturated rings. The fourth-order valence-corrected chi connectivity index (χ4v) is 8.07. The second kappa shape index (κ2) is 17.8. The van der Waals surface area contributed by atoms with Crippen molar-refractivity contribution in [3.63, 3.8) is 0 Å². The fraction of sp³-hybridized carbons (Fsp3) is 0.390. The number of H-pyrrole nitrogens is 1. The molecule has 1 aliphatic carbocycles. The van der Waals surface area contributed by atoms with E-state index >= 15 is 4.39 Å². The van der Waals surface area contributed by atoms with Crippen LogP contribution >= 0.6 is 23.2 Å². The van der Waals surface area contributed by atoms with Gasteiger partial charge in [-0.25, -0.2) is 19.0 Å². The molecule has 0 spiro atoms. The normalized spacial score (nSPS) is 19.7. The third-order valence-corrected chi connectivity index (χ3v) is 11.2. The molecule has 3 saturated heterocycles. The first-order valence-corrected chi connectivity index (χ1v) is 18.9. The number of carbonyl (C=O) groups is 2. The molecule has 0 unspecified atom stereocenters. The smallest absolute Gasteiger partial charge is 0.415 e. The Hall–Kier alpha value is -4.42. The van der Waals surface area contributed by atoms with Crippen molar-refractivity contribution in [1.29, 1.82) is 0 Å². The van der Waals surface area contributed by atoms with Gasteiger partial charge in [-0.15, -0.1) is 0 Å². The zero-order chi connectivity index (χ0) is 36.9. The molecule has 4 aliphatic rings. The van der Waals surface area contributed by atoms with Gasteiger partial charge < -0.3 is 24.4 Å². The number of fused-ring (bicyclic) bond motifs is 3. The van der Waals surface area contributed by atoms with Gasteiger partial charge in [-0.2, -0.15) is 0 Å². The van der Waals surface area contributed by atoms with E-state index in [0.717, 1.165) is 51.6 Å². The Morgan fingerprint density at radius 3 is 2.30 bits per heavy atom. The van der Waals surface area contributed by atoms with Gasteiger partial charge in [-0.3, -0.25) is 9.80 Å². The highest BCUT2D eigenvalue weighted by molar-refractivity contribution is 6.35. The number of para-hydroxylation sites is 1. The topological polar surface area (TPSA) is 122 Å². The summed E-state index contributed by atoms with van der Waals surface area (Å²) >= 11 is 13.1. The summed E-state index contributed by atoms with van der Waals surface area (Å²) in [7, 11) is 1.59. The average Bonchev–Trinajstić information content (AvgIpc) is 3.69. The van der Waals surface area contributed by atoms with Gasteiger partial charge >= 0.3 is 12.1 Å². The maximum absolute atomic E-state index is 15.1. The number of hydrogen-bond donors (Lipinski definition) is 0. The van der Waals surface area contributed by atoms with Crippen LogP contribution in [0.4, 0.5) is 14.9 Å². The third kappa shape index (κ3) is 9.09. The van der Waals surface area contributed by atoms with Crippen LogP contribution in [0.15, 0.2) is 79.1 Å². The van der Waals surface area contributed by atoms with E-state index in [0.29, 0.717) is 56.3 Å². The van der Waals surface area contributed by atoms with Gasteiger partial charge in [0.05, 0.1) is 31.0 Å². The molecule has 4 aromatic rings. The molecule has 54 heavy (non-hydrogen) atoms. The lowest BCUT2D eigenvalue weighted by atomic mass is 9.86. The van der Waals surface area contributed by atoms with Crippen LogP contribution in [0.2, 0.25) is 10.0 Å². The third-order valence-electron chi connectivity index (χ3n) is 10.5. The molecule has 4 heterocycles. The number of benzene rings is 3. The number of halogens is 3. The van der Waals surface area contributed by atoms with Gasteiger partial charge in [-0.05, 0) is 105 Å². The maximum atomic E-state index is 15.1. The highest BCUT2D eigenvalue weighted by Crippen LogP contribution is 2.38. The molecule has 1 amide bonds. The van der Waals surface area contributed by atoms with Gasteiger partial charge in [0.25, 0.3) is 0 Å². The Labute approximate surface area is 324 Å². The zero-order valence-corrected chi connectivity index (χ0v) is 31.5. The molecule has 3 aromatic carbocycles. The minimum absolute atomic E-state index is 0. The van der Waals surface area contributed by atoms with Crippen LogP contribution in [0, 0.1) is 11.7 Å². The summed E-state index contributed by atoms with van der Waals surface area (Å²) in [6.45, 7) is 2.74. The summed E-state index contributed by atoms with van der Waals surface area (Å²) in [6, 6.07) is 18.4. The highest BCUT2D eigenvalue weighted by Gasteiger charge is 2.38. The number of nitrogens with zero attached hydrogens (tertiary/aromatic N) is 2. The number of piperidine rings is 3. The van der Waals surface area contributed by atoms with Crippen molar-refractivity contribution in [2.24, 2.45) is 5.92 Å². The van der Waals surface area contributed by atoms with Crippen molar-refractivity contribution in [1.82, 2.24) is 4.90 Å². The number of carbonyl (C=O) groups excluding carboxylic acids is 2. The van der Waals surface area contributed by atoms with E-state index in [4.69, 9.17) is 42.1 Å². The predicted octanol–water partition coefficient (Wildman–Crippen LogP) is 8.48. The summed E-state index contributed by atoms with van der Waals surface area (Å²) in [5.41, 5.74) is 2.39. The first-order chi connectivity index (χ1) is 25.7. The molecule has 1 aromatic heterocycles. The second-order valence-corrected chi connectivity index (χ2v) is 14.8. The van der Waals surface area contributed by atoms with E-state index in [1.54, 1.807) is 68.0 Å². The Bertz CT molecular complexity index is 1900. The average molecular weight is 781 g/mol. The SMILES string of the molecule is COc1ccc([C@H](Cc2c(Cl)c[nH+]cc2Cl)OC(=O)c2ccc(CN(C(=O)O[C@H]3CN4CCC3CC4)c3ccccc3F)cc2)cc1OC1CCCC1.[OH-]. The number of methoxy groups -OCH3 is 1. The molecular formula is C41H44Cl2FN3O7. The molecule has 10 nitrogen and oxygen atoms in total. The Morgan fingerprint density at radius 2 is 1.65 bits per heavy atom. The number of aromatic nitrogens is 1. The van der Waals surface area contributed by atoms with Gasteiger partial charge in [-0.1, -0.05) is 53.5 Å². The van der Waals surface area contributed by atoms with Crippen LogP contribution in [0.1, 0.15) is 71.7 Å². The Balaban J connectivity index is 0.00000497. The summed E-state index contributed by atoms with van der Waals surface area (Å²) in [5.74, 6) is 0.364.